The number of methoxy groups -OCH3 is 2. The van der Waals surface area contributed by atoms with Crippen LogP contribution in [0.25, 0.3) is 0 Å². The van der Waals surface area contributed by atoms with Crippen molar-refractivity contribution >= 4 is 17.5 Å². The fourth-order valence-corrected chi connectivity index (χ4v) is 0.732. The molecule has 0 unspecified atom stereocenters. The molecule has 0 aliphatic carbocycles. The van der Waals surface area contributed by atoms with Crippen LogP contribution in [0.1, 0.15) is 27.7 Å². The Morgan fingerprint density at radius 3 is 1.65 bits per heavy atom. The number of ether oxygens (including phenoxy) is 4. The van der Waals surface area contributed by atoms with Gasteiger partial charge in [0.1, 0.15) is 13.2 Å². The largest absolute Gasteiger partial charge is 0.528 e. The number of hydrogen-bond donors (Lipinski definition) is 0. The molecular weight excluding hydrogens is 381 g/mol. The SMILES string of the molecule is CCOC(=O)COC.CCOCC(C)=O.CO[CH-]C(C)=O.[CH3-].[Y]. The summed E-state index contributed by atoms with van der Waals surface area (Å²) in [6.07, 6.45) is 0. The van der Waals surface area contributed by atoms with Crippen molar-refractivity contribution in [3.05, 3.63) is 14.0 Å². The minimum Gasteiger partial charge on any atom is -0.528 e. The number of rotatable bonds is 8. The monoisotopic (exact) mass is 411 g/mol. The van der Waals surface area contributed by atoms with E-state index < -0.39 is 0 Å². The van der Waals surface area contributed by atoms with Crippen molar-refractivity contribution in [2.45, 2.75) is 27.7 Å². The molecule has 1 radical (unpaired) electrons. The van der Waals surface area contributed by atoms with E-state index in [0.717, 1.165) is 6.61 Å². The molecule has 0 atom stereocenters. The molecule has 8 heteroatoms. The summed E-state index contributed by atoms with van der Waals surface area (Å²) in [5, 5.41) is 0. The van der Waals surface area contributed by atoms with E-state index in [-0.39, 0.29) is 70.9 Å². The summed E-state index contributed by atoms with van der Waals surface area (Å²) in [5.74, 6) is -0.283. The van der Waals surface area contributed by atoms with Crippen LogP contribution in [0.15, 0.2) is 0 Å². The van der Waals surface area contributed by atoms with E-state index in [4.69, 9.17) is 4.74 Å². The van der Waals surface area contributed by atoms with Gasteiger partial charge < -0.3 is 31.2 Å². The van der Waals surface area contributed by atoms with E-state index in [2.05, 4.69) is 14.2 Å². The maximum absolute atomic E-state index is 10.3. The van der Waals surface area contributed by atoms with Gasteiger partial charge in [-0.2, -0.15) is 0 Å². The summed E-state index contributed by atoms with van der Waals surface area (Å²) in [6, 6.07) is 0. The van der Waals surface area contributed by atoms with E-state index >= 15 is 0 Å². The average Bonchev–Trinajstić information content (AvgIpc) is 2.38. The Morgan fingerprint density at radius 1 is 0.957 bits per heavy atom. The molecule has 0 bridgehead atoms. The second-order valence-corrected chi connectivity index (χ2v) is 3.54. The minimum atomic E-state index is -0.310. The first-order valence-electron chi connectivity index (χ1n) is 6.43. The number of Topliss-reactive ketones (excluding diaryl/α,β-unsaturated/α-hetero) is 2. The molecule has 0 N–H and O–H groups in total. The standard InChI is InChI=1S/C5H10O3.C5H10O2.C4H7O2.CH3.Y/c1-3-8-5(6)4-7-2;1-3-7-4-5(2)6;1-4(5)3-6-2;;/h3-4H2,1-2H3;3-4H2,1-2H3;3H,1-2H3;1H3;/q;;2*-1;. The van der Waals surface area contributed by atoms with Crippen LogP contribution in [0.4, 0.5) is 0 Å². The van der Waals surface area contributed by atoms with Crippen LogP contribution in [0, 0.1) is 14.0 Å². The smallest absolute Gasteiger partial charge is 0.332 e. The van der Waals surface area contributed by atoms with Crippen molar-refractivity contribution in [2.24, 2.45) is 0 Å². The normalized spacial score (nSPS) is 7.74. The van der Waals surface area contributed by atoms with Crippen LogP contribution in [0.2, 0.25) is 0 Å². The summed E-state index contributed by atoms with van der Waals surface area (Å²) in [4.78, 5) is 30.2. The van der Waals surface area contributed by atoms with Gasteiger partial charge in [-0.25, -0.2) is 11.4 Å². The number of carbonyl (C=O) groups excluding carboxylic acids is 3. The second-order valence-electron chi connectivity index (χ2n) is 3.54. The predicted molar refractivity (Wildman–Crippen MR) is 84.1 cm³/mol. The maximum Gasteiger partial charge on any atom is 0.332 e. The molecule has 0 spiro atoms. The molecule has 0 saturated heterocycles. The van der Waals surface area contributed by atoms with Gasteiger partial charge in [0, 0.05) is 59.3 Å². The molecule has 0 aliphatic heterocycles. The minimum absolute atomic E-state index is 0. The molecule has 0 aromatic rings. The molecule has 0 rings (SSSR count). The zero-order valence-corrected chi connectivity index (χ0v) is 18.2. The van der Waals surface area contributed by atoms with Gasteiger partial charge >= 0.3 is 5.97 Å². The van der Waals surface area contributed by atoms with Gasteiger partial charge in [-0.3, -0.25) is 4.79 Å². The Bertz CT molecular complexity index is 263. The fraction of sp³-hybridized carbons (Fsp3) is 0.667. The van der Waals surface area contributed by atoms with E-state index in [1.165, 1.54) is 28.1 Å². The Labute approximate surface area is 165 Å². The van der Waals surface area contributed by atoms with Crippen molar-refractivity contribution in [3.63, 3.8) is 0 Å². The van der Waals surface area contributed by atoms with Crippen LogP contribution >= 0.6 is 0 Å². The number of hydrogen-bond acceptors (Lipinski definition) is 7. The second kappa shape index (κ2) is 29.6. The zero-order chi connectivity index (χ0) is 17.1. The number of carbonyl (C=O) groups is 3. The third-order valence-corrected chi connectivity index (χ3v) is 1.36. The van der Waals surface area contributed by atoms with Crippen molar-refractivity contribution < 1.29 is 66.0 Å². The van der Waals surface area contributed by atoms with Gasteiger partial charge in [-0.05, 0) is 27.7 Å². The zero-order valence-electron chi connectivity index (χ0n) is 15.3. The van der Waals surface area contributed by atoms with E-state index in [1.54, 1.807) is 6.92 Å². The van der Waals surface area contributed by atoms with Crippen LogP contribution in [0.5, 0.6) is 0 Å². The molecule has 7 nitrogen and oxygen atoms in total. The molecule has 23 heavy (non-hydrogen) atoms. The van der Waals surface area contributed by atoms with Gasteiger partial charge in [0.05, 0.1) is 6.61 Å². The summed E-state index contributed by atoms with van der Waals surface area (Å²) in [5.41, 5.74) is 0. The predicted octanol–water partition coefficient (Wildman–Crippen LogP) is 1.64. The number of esters is 1. The van der Waals surface area contributed by atoms with Crippen molar-refractivity contribution in [1.29, 1.82) is 0 Å². The van der Waals surface area contributed by atoms with Crippen LogP contribution in [-0.4, -0.2) is 58.2 Å². The molecule has 0 heterocycles. The first-order chi connectivity index (χ1) is 9.85. The first kappa shape index (κ1) is 34.1. The van der Waals surface area contributed by atoms with Crippen molar-refractivity contribution in [2.75, 3.05) is 40.6 Å². The molecule has 0 fully saturated rings. The van der Waals surface area contributed by atoms with Crippen LogP contribution < -0.4 is 0 Å². The Hall–Kier alpha value is -0.336. The average molecular weight is 411 g/mol. The van der Waals surface area contributed by atoms with Crippen LogP contribution in [0.3, 0.4) is 0 Å². The summed E-state index contributed by atoms with van der Waals surface area (Å²) >= 11 is 0. The summed E-state index contributed by atoms with van der Waals surface area (Å²) in [7, 11) is 2.90. The first-order valence-corrected chi connectivity index (χ1v) is 6.43. The molecule has 0 aromatic heterocycles. The fourth-order valence-electron chi connectivity index (χ4n) is 0.732. The summed E-state index contributed by atoms with van der Waals surface area (Å²) in [6.45, 7) is 9.07. The third-order valence-electron chi connectivity index (χ3n) is 1.36. The Morgan fingerprint density at radius 2 is 1.48 bits per heavy atom. The Balaban J connectivity index is -0.0000000681. The molecule has 0 saturated carbocycles. The molecule has 0 amide bonds. The molecule has 0 aromatic carbocycles. The molecular formula is C15H30O7Y-2. The van der Waals surface area contributed by atoms with E-state index in [1.807, 2.05) is 6.92 Å². The van der Waals surface area contributed by atoms with Crippen LogP contribution in [-0.2, 0) is 66.0 Å². The molecule has 0 aliphatic rings. The van der Waals surface area contributed by atoms with Gasteiger partial charge in [0.25, 0.3) is 0 Å². The molecule has 137 valence electrons. The van der Waals surface area contributed by atoms with Gasteiger partial charge in [0.15, 0.2) is 5.78 Å². The quantitative estimate of drug-likeness (QED) is 0.443. The van der Waals surface area contributed by atoms with E-state index in [9.17, 15) is 14.4 Å². The van der Waals surface area contributed by atoms with Gasteiger partial charge in [-0.1, -0.05) is 0 Å². The van der Waals surface area contributed by atoms with Crippen molar-refractivity contribution in [1.82, 2.24) is 0 Å². The van der Waals surface area contributed by atoms with Gasteiger partial charge in [0.2, 0.25) is 0 Å². The van der Waals surface area contributed by atoms with Gasteiger partial charge in [-0.15, -0.1) is 0 Å². The van der Waals surface area contributed by atoms with Crippen molar-refractivity contribution in [3.8, 4) is 0 Å². The topological polar surface area (TPSA) is 88.1 Å². The maximum atomic E-state index is 10.3. The third kappa shape index (κ3) is 52.2. The van der Waals surface area contributed by atoms with E-state index in [0.29, 0.717) is 13.2 Å². The summed E-state index contributed by atoms with van der Waals surface area (Å²) < 4.78 is 18.1. The number of ketones is 2. The Kier molecular flexibility index (Phi) is 43.9.